The van der Waals surface area contributed by atoms with E-state index in [4.69, 9.17) is 0 Å². The van der Waals surface area contributed by atoms with E-state index in [1.165, 1.54) is 403 Å². The summed E-state index contributed by atoms with van der Waals surface area (Å²) in [5.74, 6) is 0. The maximum Gasteiger partial charge on any atom is 0.0786 e. The predicted molar refractivity (Wildman–Crippen MR) is 310 cm³/mol. The summed E-state index contributed by atoms with van der Waals surface area (Å²) in [4.78, 5) is 0. The van der Waals surface area contributed by atoms with Crippen molar-refractivity contribution in [1.82, 2.24) is 0 Å². The van der Waals surface area contributed by atoms with Crippen LogP contribution in [-0.2, 0) is 0 Å². The number of unbranched alkanes of at least 4 members (excludes halogenated alkanes) is 54. The number of nitrogens with zero attached hydrogens (tertiary/aromatic N) is 1. The standard InChI is InChI=1S/C66H136N/c1-5-9-13-17-21-25-29-33-36-40-44-48-52-56-60-64-67(63-59-55-51-47-43-39-32-28-24-20-16-12-8-4,65-61-57-53-49-45-41-37-34-30-26-22-18-14-10-6-2)66-62-58-54-50-46-42-38-35-31-27-23-19-15-11-7-3/h5-66H2,1-4H3/q+1. The zero-order valence-corrected chi connectivity index (χ0v) is 48.3. The summed E-state index contributed by atoms with van der Waals surface area (Å²) in [7, 11) is 0. The minimum absolute atomic E-state index is 1.37. The number of quaternary nitrogens is 1. The molecule has 0 amide bonds. The van der Waals surface area contributed by atoms with Crippen molar-refractivity contribution in [3.63, 3.8) is 0 Å². The van der Waals surface area contributed by atoms with Crippen LogP contribution in [0.1, 0.15) is 400 Å². The lowest BCUT2D eigenvalue weighted by Gasteiger charge is -2.40. The predicted octanol–water partition coefficient (Wildman–Crippen LogP) is 24.5. The van der Waals surface area contributed by atoms with Gasteiger partial charge in [0.05, 0.1) is 26.2 Å². The molecule has 0 radical (unpaired) electrons. The molecule has 0 atom stereocenters. The average molecular weight is 944 g/mol. The maximum atomic E-state index is 2.34. The van der Waals surface area contributed by atoms with Gasteiger partial charge in [0.25, 0.3) is 0 Å². The molecule has 0 aromatic heterocycles. The second-order valence-electron chi connectivity index (χ2n) is 23.3. The van der Waals surface area contributed by atoms with Crippen LogP contribution in [0.25, 0.3) is 0 Å². The van der Waals surface area contributed by atoms with Gasteiger partial charge in [-0.05, 0) is 51.4 Å². The van der Waals surface area contributed by atoms with Gasteiger partial charge < -0.3 is 4.48 Å². The first-order chi connectivity index (χ1) is 33.2. The first-order valence-electron chi connectivity index (χ1n) is 33.1. The van der Waals surface area contributed by atoms with Gasteiger partial charge in [-0.25, -0.2) is 0 Å². The minimum atomic E-state index is 1.37. The van der Waals surface area contributed by atoms with Crippen molar-refractivity contribution >= 4 is 0 Å². The van der Waals surface area contributed by atoms with Crippen molar-refractivity contribution in [3.05, 3.63) is 0 Å². The summed E-state index contributed by atoms with van der Waals surface area (Å²) in [6.45, 7) is 15.3. The van der Waals surface area contributed by atoms with Crippen molar-refractivity contribution in [2.24, 2.45) is 0 Å². The zero-order valence-electron chi connectivity index (χ0n) is 48.3. The molecule has 0 spiro atoms. The Balaban J connectivity index is 4.93. The molecule has 1 heteroatoms. The van der Waals surface area contributed by atoms with Crippen molar-refractivity contribution in [1.29, 1.82) is 0 Å². The summed E-state index contributed by atoms with van der Waals surface area (Å²) in [6.07, 6.45) is 85.7. The molecule has 0 aromatic rings. The molecule has 0 saturated carbocycles. The van der Waals surface area contributed by atoms with Crippen molar-refractivity contribution in [3.8, 4) is 0 Å². The summed E-state index contributed by atoms with van der Waals surface area (Å²) in [5.41, 5.74) is 0. The van der Waals surface area contributed by atoms with E-state index in [1.807, 2.05) is 0 Å². The van der Waals surface area contributed by atoms with Gasteiger partial charge in [0.2, 0.25) is 0 Å². The smallest absolute Gasteiger partial charge is 0.0786 e. The molecular formula is C66H136N+. The van der Waals surface area contributed by atoms with E-state index in [0.717, 1.165) is 0 Å². The van der Waals surface area contributed by atoms with Crippen LogP contribution >= 0.6 is 0 Å². The molecule has 0 rings (SSSR count). The molecular weight excluding hydrogens is 807 g/mol. The summed E-state index contributed by atoms with van der Waals surface area (Å²) >= 11 is 0. The highest BCUT2D eigenvalue weighted by molar-refractivity contribution is 4.58. The highest BCUT2D eigenvalue weighted by atomic mass is 15.3. The highest BCUT2D eigenvalue weighted by Gasteiger charge is 2.26. The first-order valence-corrected chi connectivity index (χ1v) is 33.1. The largest absolute Gasteiger partial charge is 0.324 e. The van der Waals surface area contributed by atoms with Gasteiger partial charge in [-0.1, -0.05) is 349 Å². The third-order valence-corrected chi connectivity index (χ3v) is 16.4. The molecule has 0 heterocycles. The fraction of sp³-hybridized carbons (Fsp3) is 1.00. The van der Waals surface area contributed by atoms with Gasteiger partial charge in [0.1, 0.15) is 0 Å². The van der Waals surface area contributed by atoms with Gasteiger partial charge in [0, 0.05) is 0 Å². The van der Waals surface area contributed by atoms with Gasteiger partial charge >= 0.3 is 0 Å². The van der Waals surface area contributed by atoms with Crippen LogP contribution in [0.15, 0.2) is 0 Å². The number of rotatable bonds is 62. The minimum Gasteiger partial charge on any atom is -0.324 e. The molecule has 1 nitrogen and oxygen atoms in total. The Labute approximate surface area is 428 Å². The molecule has 404 valence electrons. The quantitative estimate of drug-likeness (QED) is 0.0421. The van der Waals surface area contributed by atoms with Crippen LogP contribution in [0.5, 0.6) is 0 Å². The Bertz CT molecular complexity index is 750. The Morgan fingerprint density at radius 3 is 0.313 bits per heavy atom. The molecule has 0 N–H and O–H groups in total. The molecule has 0 aromatic carbocycles. The molecule has 0 bridgehead atoms. The SMILES string of the molecule is CCCCCCCCCCCCCCCCC[N+](CCCCCCCCCCCCCCC)(CCCCCCCCCCCCCCCCC)CCCCCCCCCCCCCCCCC. The van der Waals surface area contributed by atoms with Crippen LogP contribution < -0.4 is 0 Å². The maximum absolute atomic E-state index is 2.34. The first kappa shape index (κ1) is 67.0. The summed E-state index contributed by atoms with van der Waals surface area (Å²) in [6, 6.07) is 0. The third-order valence-electron chi connectivity index (χ3n) is 16.4. The molecule has 0 aliphatic heterocycles. The molecule has 0 saturated heterocycles. The molecule has 0 fully saturated rings. The van der Waals surface area contributed by atoms with Gasteiger partial charge in [-0.15, -0.1) is 0 Å². The van der Waals surface area contributed by atoms with E-state index in [9.17, 15) is 0 Å². The lowest BCUT2D eigenvalue weighted by atomic mass is 10.0. The highest BCUT2D eigenvalue weighted by Crippen LogP contribution is 2.23. The number of hydrogen-bond acceptors (Lipinski definition) is 0. The lowest BCUT2D eigenvalue weighted by molar-refractivity contribution is -0.929. The van der Waals surface area contributed by atoms with Crippen LogP contribution in [0.2, 0.25) is 0 Å². The average Bonchev–Trinajstić information content (AvgIpc) is 3.34. The molecule has 0 aliphatic rings. The second-order valence-corrected chi connectivity index (χ2v) is 23.3. The van der Waals surface area contributed by atoms with E-state index >= 15 is 0 Å². The van der Waals surface area contributed by atoms with Gasteiger partial charge in [-0.2, -0.15) is 0 Å². The van der Waals surface area contributed by atoms with E-state index in [1.54, 1.807) is 0 Å². The Hall–Kier alpha value is -0.0400. The van der Waals surface area contributed by atoms with E-state index in [2.05, 4.69) is 27.7 Å². The van der Waals surface area contributed by atoms with Crippen LogP contribution in [0, 0.1) is 0 Å². The molecule has 0 unspecified atom stereocenters. The van der Waals surface area contributed by atoms with Crippen LogP contribution in [0.4, 0.5) is 0 Å². The Morgan fingerprint density at radius 1 is 0.119 bits per heavy atom. The Kier molecular flexibility index (Phi) is 60.2. The van der Waals surface area contributed by atoms with Crippen molar-refractivity contribution in [2.75, 3.05) is 26.2 Å². The zero-order chi connectivity index (χ0) is 48.3. The summed E-state index contributed by atoms with van der Waals surface area (Å²) < 4.78 is 1.49. The monoisotopic (exact) mass is 943 g/mol. The summed E-state index contributed by atoms with van der Waals surface area (Å²) in [5, 5.41) is 0. The van der Waals surface area contributed by atoms with E-state index in [0.29, 0.717) is 0 Å². The van der Waals surface area contributed by atoms with Gasteiger partial charge in [-0.3, -0.25) is 0 Å². The molecule has 0 aliphatic carbocycles. The van der Waals surface area contributed by atoms with Crippen LogP contribution in [0.3, 0.4) is 0 Å². The van der Waals surface area contributed by atoms with Crippen molar-refractivity contribution in [2.45, 2.75) is 400 Å². The molecule has 67 heavy (non-hydrogen) atoms. The van der Waals surface area contributed by atoms with Crippen molar-refractivity contribution < 1.29 is 4.48 Å². The fourth-order valence-electron chi connectivity index (χ4n) is 11.6. The topological polar surface area (TPSA) is 0 Å². The normalized spacial score (nSPS) is 12.0. The van der Waals surface area contributed by atoms with Gasteiger partial charge in [0.15, 0.2) is 0 Å². The second kappa shape index (κ2) is 60.3. The third kappa shape index (κ3) is 55.1. The van der Waals surface area contributed by atoms with Crippen LogP contribution in [-0.4, -0.2) is 30.7 Å². The van der Waals surface area contributed by atoms with E-state index < -0.39 is 0 Å². The number of hydrogen-bond donors (Lipinski definition) is 0. The Morgan fingerprint density at radius 2 is 0.209 bits per heavy atom. The van der Waals surface area contributed by atoms with E-state index in [-0.39, 0.29) is 0 Å². The fourth-order valence-corrected chi connectivity index (χ4v) is 11.6. The lowest BCUT2D eigenvalue weighted by Crippen LogP contribution is -2.50.